The molecule has 0 aliphatic heterocycles. The fourth-order valence-electron chi connectivity index (χ4n) is 2.00. The Morgan fingerprint density at radius 1 is 1.35 bits per heavy atom. The van der Waals surface area contributed by atoms with Crippen LogP contribution in [0.1, 0.15) is 18.4 Å². The average molecular weight is 233 g/mol. The van der Waals surface area contributed by atoms with Crippen LogP contribution in [0.5, 0.6) is 0 Å². The van der Waals surface area contributed by atoms with Gasteiger partial charge in [0.15, 0.2) is 0 Å². The summed E-state index contributed by atoms with van der Waals surface area (Å²) in [5.74, 6) is 0.600. The van der Waals surface area contributed by atoms with Crippen LogP contribution in [0.3, 0.4) is 0 Å². The molecule has 0 radical (unpaired) electrons. The van der Waals surface area contributed by atoms with Crippen LogP contribution in [0, 0.1) is 6.92 Å². The smallest absolute Gasteiger partial charge is 0.201 e. The summed E-state index contributed by atoms with van der Waals surface area (Å²) in [6, 6.07) is 6.21. The lowest BCUT2D eigenvalue weighted by Crippen LogP contribution is -2.04. The minimum atomic E-state index is 0.600. The maximum atomic E-state index is 5.94. The highest BCUT2D eigenvalue weighted by molar-refractivity contribution is 5.79. The Kier molecular flexibility index (Phi) is 3.64. The third kappa shape index (κ3) is 2.58. The van der Waals surface area contributed by atoms with Crippen LogP contribution in [0.2, 0.25) is 0 Å². The Morgan fingerprint density at radius 2 is 2.18 bits per heavy atom. The van der Waals surface area contributed by atoms with Gasteiger partial charge in [-0.1, -0.05) is 6.07 Å². The normalized spacial score (nSPS) is 11.2. The molecule has 17 heavy (non-hydrogen) atoms. The van der Waals surface area contributed by atoms with Gasteiger partial charge in [-0.05, 0) is 37.5 Å². The quantitative estimate of drug-likeness (QED) is 0.806. The van der Waals surface area contributed by atoms with E-state index >= 15 is 0 Å². The summed E-state index contributed by atoms with van der Waals surface area (Å²) < 4.78 is 7.12. The van der Waals surface area contributed by atoms with E-state index in [9.17, 15) is 0 Å². The summed E-state index contributed by atoms with van der Waals surface area (Å²) in [6.07, 6.45) is 2.10. The van der Waals surface area contributed by atoms with Crippen LogP contribution >= 0.6 is 0 Å². The zero-order valence-corrected chi connectivity index (χ0v) is 10.4. The highest BCUT2D eigenvalue weighted by atomic mass is 16.5. The molecule has 0 bridgehead atoms. The van der Waals surface area contributed by atoms with Gasteiger partial charge in [0.1, 0.15) is 0 Å². The van der Waals surface area contributed by atoms with E-state index < -0.39 is 0 Å². The SMILES string of the molecule is COCCCCn1c(N)nc2ccc(C)cc21. The van der Waals surface area contributed by atoms with Crippen molar-refractivity contribution in [1.29, 1.82) is 0 Å². The first-order valence-electron chi connectivity index (χ1n) is 5.93. The lowest BCUT2D eigenvalue weighted by Gasteiger charge is -2.06. The molecule has 1 aromatic heterocycles. The molecule has 0 atom stereocenters. The summed E-state index contributed by atoms with van der Waals surface area (Å²) in [4.78, 5) is 4.36. The van der Waals surface area contributed by atoms with Crippen LogP contribution in [-0.2, 0) is 11.3 Å². The van der Waals surface area contributed by atoms with Crippen molar-refractivity contribution in [1.82, 2.24) is 9.55 Å². The topological polar surface area (TPSA) is 53.1 Å². The van der Waals surface area contributed by atoms with E-state index in [2.05, 4.69) is 28.6 Å². The van der Waals surface area contributed by atoms with Gasteiger partial charge in [-0.3, -0.25) is 0 Å². The summed E-state index contributed by atoms with van der Waals surface area (Å²) in [6.45, 7) is 3.78. The van der Waals surface area contributed by atoms with Crippen molar-refractivity contribution in [3.05, 3.63) is 23.8 Å². The summed E-state index contributed by atoms with van der Waals surface area (Å²) >= 11 is 0. The molecule has 1 heterocycles. The Morgan fingerprint density at radius 3 is 2.94 bits per heavy atom. The Balaban J connectivity index is 2.20. The number of imidazole rings is 1. The molecule has 4 heteroatoms. The Labute approximate surface area is 101 Å². The number of hydrogen-bond acceptors (Lipinski definition) is 3. The molecule has 0 aliphatic rings. The zero-order chi connectivity index (χ0) is 12.3. The number of methoxy groups -OCH3 is 1. The standard InChI is InChI=1S/C13H19N3O/c1-10-5-6-11-12(9-10)16(13(14)15-11)7-3-4-8-17-2/h5-6,9H,3-4,7-8H2,1-2H3,(H2,14,15). The van der Waals surface area contributed by atoms with Crippen molar-refractivity contribution < 1.29 is 4.74 Å². The molecule has 4 nitrogen and oxygen atoms in total. The second-order valence-corrected chi connectivity index (χ2v) is 4.31. The van der Waals surface area contributed by atoms with Crippen LogP contribution < -0.4 is 5.73 Å². The van der Waals surface area contributed by atoms with Crippen molar-refractivity contribution in [2.24, 2.45) is 0 Å². The van der Waals surface area contributed by atoms with Crippen LogP contribution in [0.15, 0.2) is 18.2 Å². The Bertz CT molecular complexity index is 505. The van der Waals surface area contributed by atoms with Crippen LogP contribution in [0.4, 0.5) is 5.95 Å². The molecule has 0 saturated heterocycles. The molecule has 0 amide bonds. The third-order valence-corrected chi connectivity index (χ3v) is 2.91. The van der Waals surface area contributed by atoms with E-state index in [-0.39, 0.29) is 0 Å². The van der Waals surface area contributed by atoms with Gasteiger partial charge in [-0.15, -0.1) is 0 Å². The number of aromatic nitrogens is 2. The van der Waals surface area contributed by atoms with Crippen molar-refractivity contribution in [2.45, 2.75) is 26.3 Å². The van der Waals surface area contributed by atoms with Gasteiger partial charge in [0.25, 0.3) is 0 Å². The number of ether oxygens (including phenoxy) is 1. The van der Waals surface area contributed by atoms with Crippen molar-refractivity contribution in [2.75, 3.05) is 19.5 Å². The van der Waals surface area contributed by atoms with Crippen LogP contribution in [-0.4, -0.2) is 23.3 Å². The molecule has 92 valence electrons. The molecule has 0 unspecified atom stereocenters. The predicted molar refractivity (Wildman–Crippen MR) is 70.0 cm³/mol. The van der Waals surface area contributed by atoms with E-state index in [4.69, 9.17) is 10.5 Å². The van der Waals surface area contributed by atoms with Crippen LogP contribution in [0.25, 0.3) is 11.0 Å². The van der Waals surface area contributed by atoms with E-state index in [0.717, 1.165) is 37.0 Å². The lowest BCUT2D eigenvalue weighted by molar-refractivity contribution is 0.191. The summed E-state index contributed by atoms with van der Waals surface area (Å²) in [7, 11) is 1.73. The van der Waals surface area contributed by atoms with E-state index in [1.807, 2.05) is 6.07 Å². The molecule has 0 saturated carbocycles. The molecule has 0 fully saturated rings. The van der Waals surface area contributed by atoms with Gasteiger partial charge >= 0.3 is 0 Å². The summed E-state index contributed by atoms with van der Waals surface area (Å²) in [5, 5.41) is 0. The highest BCUT2D eigenvalue weighted by Crippen LogP contribution is 2.19. The van der Waals surface area contributed by atoms with Crippen molar-refractivity contribution >= 4 is 17.0 Å². The molecule has 2 rings (SSSR count). The second kappa shape index (κ2) is 5.19. The first-order valence-corrected chi connectivity index (χ1v) is 5.93. The largest absolute Gasteiger partial charge is 0.385 e. The van der Waals surface area contributed by atoms with Crippen molar-refractivity contribution in [3.63, 3.8) is 0 Å². The molecule has 0 aliphatic carbocycles. The van der Waals surface area contributed by atoms with E-state index in [1.165, 1.54) is 5.56 Å². The minimum Gasteiger partial charge on any atom is -0.385 e. The number of rotatable bonds is 5. The molecular formula is C13H19N3O. The minimum absolute atomic E-state index is 0.600. The summed E-state index contributed by atoms with van der Waals surface area (Å²) in [5.41, 5.74) is 9.27. The molecule has 2 aromatic rings. The maximum Gasteiger partial charge on any atom is 0.201 e. The van der Waals surface area contributed by atoms with Gasteiger partial charge in [-0.2, -0.15) is 0 Å². The number of unbranched alkanes of at least 4 members (excludes halogenated alkanes) is 1. The Hall–Kier alpha value is -1.55. The van der Waals surface area contributed by atoms with Gasteiger partial charge < -0.3 is 15.0 Å². The zero-order valence-electron chi connectivity index (χ0n) is 10.4. The monoisotopic (exact) mass is 233 g/mol. The number of hydrogen-bond donors (Lipinski definition) is 1. The molecule has 1 aromatic carbocycles. The average Bonchev–Trinajstić information content (AvgIpc) is 2.61. The number of nitrogen functional groups attached to an aromatic ring is 1. The lowest BCUT2D eigenvalue weighted by atomic mass is 10.2. The first-order chi connectivity index (χ1) is 8.22. The predicted octanol–water partition coefficient (Wildman–Crippen LogP) is 2.35. The number of anilines is 1. The molecule has 0 spiro atoms. The van der Waals surface area contributed by atoms with Gasteiger partial charge in [0.2, 0.25) is 5.95 Å². The molecule has 2 N–H and O–H groups in total. The van der Waals surface area contributed by atoms with Crippen molar-refractivity contribution in [3.8, 4) is 0 Å². The number of nitrogens with two attached hydrogens (primary N) is 1. The number of fused-ring (bicyclic) bond motifs is 1. The number of aryl methyl sites for hydroxylation is 2. The maximum absolute atomic E-state index is 5.94. The highest BCUT2D eigenvalue weighted by Gasteiger charge is 2.07. The van der Waals surface area contributed by atoms with Gasteiger partial charge in [0.05, 0.1) is 11.0 Å². The fourth-order valence-corrected chi connectivity index (χ4v) is 2.00. The third-order valence-electron chi connectivity index (χ3n) is 2.91. The van der Waals surface area contributed by atoms with E-state index in [1.54, 1.807) is 7.11 Å². The fraction of sp³-hybridized carbons (Fsp3) is 0.462. The second-order valence-electron chi connectivity index (χ2n) is 4.31. The first kappa shape index (κ1) is 11.9. The van der Waals surface area contributed by atoms with E-state index in [0.29, 0.717) is 5.95 Å². The number of benzene rings is 1. The number of nitrogens with zero attached hydrogens (tertiary/aromatic N) is 2. The van der Waals surface area contributed by atoms with Gasteiger partial charge in [0, 0.05) is 20.3 Å². The molecular weight excluding hydrogens is 214 g/mol. The van der Waals surface area contributed by atoms with Gasteiger partial charge in [-0.25, -0.2) is 4.98 Å².